The zero-order valence-corrected chi connectivity index (χ0v) is 17.5. The van der Waals surface area contributed by atoms with E-state index in [1.807, 2.05) is 0 Å². The molecule has 2 unspecified atom stereocenters. The summed E-state index contributed by atoms with van der Waals surface area (Å²) in [5.41, 5.74) is 0.120. The van der Waals surface area contributed by atoms with Crippen LogP contribution in [0, 0.1) is 11.6 Å². The standard InChI is InChI=1S/C24H25F4N3/c1-31(2)23(15-4-3-5-16(25)12-15)10-9-22(14-24(23,27)28)21-18(8-11-29-22)19-13-17(26)6-7-20(19)30-21/h3-7,12-13,29-30H,8-11,14H2,1-2H3. The Bertz CT molecular complexity index is 1150. The van der Waals surface area contributed by atoms with Crippen LogP contribution in [0.5, 0.6) is 0 Å². The normalized spacial score (nSPS) is 27.7. The number of aromatic amines is 1. The van der Waals surface area contributed by atoms with E-state index in [9.17, 15) is 8.78 Å². The van der Waals surface area contributed by atoms with Crippen LogP contribution in [-0.2, 0) is 17.5 Å². The molecule has 0 saturated heterocycles. The van der Waals surface area contributed by atoms with Crippen LogP contribution in [0.15, 0.2) is 42.5 Å². The Morgan fingerprint density at radius 3 is 2.45 bits per heavy atom. The molecule has 164 valence electrons. The Morgan fingerprint density at radius 1 is 0.968 bits per heavy atom. The molecule has 2 aromatic carbocycles. The number of alkyl halides is 2. The van der Waals surface area contributed by atoms with Crippen molar-refractivity contribution in [2.24, 2.45) is 0 Å². The highest BCUT2D eigenvalue weighted by Crippen LogP contribution is 2.57. The lowest BCUT2D eigenvalue weighted by atomic mass is 9.64. The number of nitrogens with one attached hydrogen (secondary N) is 2. The molecule has 2 heterocycles. The fourth-order valence-electron chi connectivity index (χ4n) is 5.87. The van der Waals surface area contributed by atoms with Gasteiger partial charge in [-0.2, -0.15) is 0 Å². The number of rotatable bonds is 2. The van der Waals surface area contributed by atoms with Gasteiger partial charge in [-0.25, -0.2) is 17.6 Å². The molecule has 0 bridgehead atoms. The predicted molar refractivity (Wildman–Crippen MR) is 112 cm³/mol. The first-order chi connectivity index (χ1) is 14.7. The third-order valence-electron chi connectivity index (χ3n) is 7.29. The van der Waals surface area contributed by atoms with Crippen LogP contribution in [0.1, 0.15) is 36.1 Å². The number of benzene rings is 2. The molecular formula is C24H25F4N3. The van der Waals surface area contributed by atoms with E-state index in [1.165, 1.54) is 35.2 Å². The topological polar surface area (TPSA) is 31.1 Å². The third kappa shape index (κ3) is 2.86. The predicted octanol–water partition coefficient (Wildman–Crippen LogP) is 5.06. The highest BCUT2D eigenvalue weighted by atomic mass is 19.3. The molecule has 1 aliphatic heterocycles. The fraction of sp³-hybridized carbons (Fsp3) is 0.417. The summed E-state index contributed by atoms with van der Waals surface area (Å²) in [5.74, 6) is -4.01. The zero-order chi connectivity index (χ0) is 22.0. The Hall–Kier alpha value is -2.38. The van der Waals surface area contributed by atoms with E-state index < -0.39 is 29.2 Å². The molecule has 2 atom stereocenters. The van der Waals surface area contributed by atoms with Crippen molar-refractivity contribution in [3.63, 3.8) is 0 Å². The van der Waals surface area contributed by atoms with Crippen LogP contribution in [0.4, 0.5) is 17.6 Å². The van der Waals surface area contributed by atoms with E-state index in [0.29, 0.717) is 19.4 Å². The van der Waals surface area contributed by atoms with Crippen molar-refractivity contribution < 1.29 is 17.6 Å². The van der Waals surface area contributed by atoms with Crippen molar-refractivity contribution in [1.82, 2.24) is 15.2 Å². The van der Waals surface area contributed by atoms with Gasteiger partial charge in [-0.15, -0.1) is 0 Å². The number of aromatic nitrogens is 1. The Labute approximate surface area is 178 Å². The molecule has 1 aliphatic carbocycles. The summed E-state index contributed by atoms with van der Waals surface area (Å²) in [7, 11) is 3.25. The maximum absolute atomic E-state index is 16.2. The molecule has 2 aliphatic rings. The largest absolute Gasteiger partial charge is 0.357 e. The third-order valence-corrected chi connectivity index (χ3v) is 7.29. The smallest absolute Gasteiger partial charge is 0.272 e. The quantitative estimate of drug-likeness (QED) is 0.556. The van der Waals surface area contributed by atoms with Gasteiger partial charge in [0.25, 0.3) is 5.92 Å². The molecule has 7 heteroatoms. The average Bonchev–Trinajstić information content (AvgIpc) is 3.07. The molecule has 31 heavy (non-hydrogen) atoms. The summed E-state index contributed by atoms with van der Waals surface area (Å²) in [5, 5.41) is 4.12. The monoisotopic (exact) mass is 431 g/mol. The van der Waals surface area contributed by atoms with Gasteiger partial charge >= 0.3 is 0 Å². The maximum atomic E-state index is 16.2. The molecule has 1 spiro atoms. The van der Waals surface area contributed by atoms with Crippen LogP contribution >= 0.6 is 0 Å². The molecule has 5 rings (SSSR count). The minimum atomic E-state index is -3.15. The van der Waals surface area contributed by atoms with Crippen LogP contribution in [-0.4, -0.2) is 36.4 Å². The summed E-state index contributed by atoms with van der Waals surface area (Å²) in [6.45, 7) is 0.543. The van der Waals surface area contributed by atoms with Crippen molar-refractivity contribution >= 4 is 10.9 Å². The van der Waals surface area contributed by atoms with Gasteiger partial charge in [0.1, 0.15) is 17.2 Å². The summed E-state index contributed by atoms with van der Waals surface area (Å²) in [4.78, 5) is 4.84. The van der Waals surface area contributed by atoms with Gasteiger partial charge in [-0.1, -0.05) is 12.1 Å². The first-order valence-electron chi connectivity index (χ1n) is 10.6. The van der Waals surface area contributed by atoms with Gasteiger partial charge < -0.3 is 10.3 Å². The number of nitrogens with zero attached hydrogens (tertiary/aromatic N) is 1. The van der Waals surface area contributed by atoms with Gasteiger partial charge in [-0.05, 0) is 74.8 Å². The summed E-state index contributed by atoms with van der Waals surface area (Å²) < 4.78 is 60.2. The first kappa shape index (κ1) is 20.5. The van der Waals surface area contributed by atoms with Crippen LogP contribution in [0.3, 0.4) is 0 Å². The highest BCUT2D eigenvalue weighted by Gasteiger charge is 2.64. The molecule has 2 N–H and O–H groups in total. The highest BCUT2D eigenvalue weighted by molar-refractivity contribution is 5.85. The number of hydrogen-bond acceptors (Lipinski definition) is 2. The second-order valence-electron chi connectivity index (χ2n) is 9.07. The summed E-state index contributed by atoms with van der Waals surface area (Å²) >= 11 is 0. The van der Waals surface area contributed by atoms with Crippen molar-refractivity contribution in [3.05, 3.63) is 70.9 Å². The van der Waals surface area contributed by atoms with Crippen LogP contribution in [0.25, 0.3) is 10.9 Å². The summed E-state index contributed by atoms with van der Waals surface area (Å²) in [6.07, 6.45) is 0.804. The molecule has 1 saturated carbocycles. The van der Waals surface area contributed by atoms with Crippen molar-refractivity contribution in [2.75, 3.05) is 20.6 Å². The molecule has 3 aromatic rings. The minimum Gasteiger partial charge on any atom is -0.357 e. The molecule has 1 fully saturated rings. The minimum absolute atomic E-state index is 0.145. The van der Waals surface area contributed by atoms with Crippen LogP contribution < -0.4 is 5.32 Å². The molecule has 3 nitrogen and oxygen atoms in total. The lowest BCUT2D eigenvalue weighted by Gasteiger charge is -2.55. The molecule has 0 radical (unpaired) electrons. The van der Waals surface area contributed by atoms with E-state index in [1.54, 1.807) is 26.2 Å². The van der Waals surface area contributed by atoms with E-state index in [0.717, 1.165) is 22.2 Å². The molecule has 1 aromatic heterocycles. The number of fused-ring (bicyclic) bond motifs is 4. The van der Waals surface area contributed by atoms with E-state index in [4.69, 9.17) is 0 Å². The van der Waals surface area contributed by atoms with Crippen molar-refractivity contribution in [2.45, 2.75) is 42.7 Å². The van der Waals surface area contributed by atoms with Gasteiger partial charge in [0.05, 0.1) is 5.54 Å². The maximum Gasteiger partial charge on any atom is 0.272 e. The van der Waals surface area contributed by atoms with E-state index in [-0.39, 0.29) is 17.8 Å². The Morgan fingerprint density at radius 2 is 1.74 bits per heavy atom. The lowest BCUT2D eigenvalue weighted by Crippen LogP contribution is -2.64. The second kappa shape index (κ2) is 6.81. The Kier molecular flexibility index (Phi) is 4.51. The van der Waals surface area contributed by atoms with E-state index >= 15 is 8.78 Å². The Balaban J connectivity index is 1.63. The number of halogens is 4. The first-order valence-corrected chi connectivity index (χ1v) is 10.6. The van der Waals surface area contributed by atoms with Gasteiger partial charge in [0, 0.05) is 29.6 Å². The SMILES string of the molecule is CN(C)C1(c2cccc(F)c2)CCC2(CC1(F)F)NCCc1c2[nH]c2ccc(F)cc12. The van der Waals surface area contributed by atoms with Gasteiger partial charge in [-0.3, -0.25) is 4.90 Å². The van der Waals surface area contributed by atoms with E-state index in [2.05, 4.69) is 10.3 Å². The van der Waals surface area contributed by atoms with Crippen molar-refractivity contribution in [3.8, 4) is 0 Å². The fourth-order valence-corrected chi connectivity index (χ4v) is 5.87. The zero-order valence-electron chi connectivity index (χ0n) is 17.5. The lowest BCUT2D eigenvalue weighted by molar-refractivity contribution is -0.185. The molecular weight excluding hydrogens is 406 g/mol. The number of hydrogen-bond donors (Lipinski definition) is 2. The van der Waals surface area contributed by atoms with Crippen LogP contribution in [0.2, 0.25) is 0 Å². The molecule has 0 amide bonds. The summed E-state index contributed by atoms with van der Waals surface area (Å²) in [6, 6.07) is 10.1. The second-order valence-corrected chi connectivity index (χ2v) is 9.07. The van der Waals surface area contributed by atoms with Gasteiger partial charge in [0.2, 0.25) is 0 Å². The number of H-pyrrole nitrogens is 1. The van der Waals surface area contributed by atoms with Gasteiger partial charge in [0.15, 0.2) is 0 Å². The van der Waals surface area contributed by atoms with Crippen molar-refractivity contribution in [1.29, 1.82) is 0 Å². The average molecular weight is 431 g/mol.